The first kappa shape index (κ1) is 14.7. The molecule has 1 fully saturated rings. The molecule has 0 unspecified atom stereocenters. The molecule has 22 heavy (non-hydrogen) atoms. The van der Waals surface area contributed by atoms with E-state index < -0.39 is 0 Å². The molecule has 6 heteroatoms. The zero-order valence-electron chi connectivity index (χ0n) is 12.1. The summed E-state index contributed by atoms with van der Waals surface area (Å²) >= 11 is 1.34. The summed E-state index contributed by atoms with van der Waals surface area (Å²) < 4.78 is 5.32. The van der Waals surface area contributed by atoms with Crippen molar-refractivity contribution in [2.24, 2.45) is 0 Å². The molecule has 5 nitrogen and oxygen atoms in total. The second kappa shape index (κ2) is 6.72. The third kappa shape index (κ3) is 3.35. The Bertz CT molecular complexity index is 676. The number of rotatable bonds is 4. The molecular formula is C16H17N3O2S. The number of benzene rings is 1. The van der Waals surface area contributed by atoms with Crippen LogP contribution in [0.2, 0.25) is 0 Å². The van der Waals surface area contributed by atoms with Crippen LogP contribution < -0.4 is 10.6 Å². The molecule has 2 aromatic rings. The topological polar surface area (TPSA) is 68.4 Å². The van der Waals surface area contributed by atoms with E-state index in [9.17, 15) is 4.79 Å². The number of allylic oxidation sites excluding steroid dienone is 1. The van der Waals surface area contributed by atoms with Gasteiger partial charge in [-0.2, -0.15) is 0 Å². The number of nitrogens with zero attached hydrogens (tertiary/aromatic N) is 2. The lowest BCUT2D eigenvalue weighted by Gasteiger charge is -2.25. The molecule has 114 valence electrons. The second-order valence-corrected chi connectivity index (χ2v) is 5.90. The van der Waals surface area contributed by atoms with Crippen LogP contribution in [-0.4, -0.2) is 37.1 Å². The average molecular weight is 315 g/mol. The van der Waals surface area contributed by atoms with E-state index in [0.29, 0.717) is 23.9 Å². The van der Waals surface area contributed by atoms with Gasteiger partial charge in [-0.25, -0.2) is 4.98 Å². The fourth-order valence-electron chi connectivity index (χ4n) is 2.20. The molecule has 2 heterocycles. The third-order valence-electron chi connectivity index (χ3n) is 3.37. The summed E-state index contributed by atoms with van der Waals surface area (Å²) in [6.45, 7) is 2.91. The van der Waals surface area contributed by atoms with E-state index in [1.807, 2.05) is 30.3 Å². The maximum absolute atomic E-state index is 12.3. The standard InChI is InChI=1S/C16H17N3O2S/c17-15-14(13(20)7-6-12-4-2-1-3-5-12)22-16(18-15)19-8-10-21-11-9-19/h1-7H,8-11,17H2/b7-6+. The number of thiazole rings is 1. The number of ketones is 1. The Labute approximate surface area is 133 Å². The predicted molar refractivity (Wildman–Crippen MR) is 89.4 cm³/mol. The van der Waals surface area contributed by atoms with Crippen molar-refractivity contribution in [1.82, 2.24) is 4.98 Å². The van der Waals surface area contributed by atoms with E-state index in [1.165, 1.54) is 11.3 Å². The minimum Gasteiger partial charge on any atom is -0.382 e. The van der Waals surface area contributed by atoms with Crippen LogP contribution in [0.25, 0.3) is 6.08 Å². The average Bonchev–Trinajstić information content (AvgIpc) is 2.96. The molecule has 0 spiro atoms. The van der Waals surface area contributed by atoms with Crippen molar-refractivity contribution in [2.75, 3.05) is 36.9 Å². The zero-order chi connectivity index (χ0) is 15.4. The number of nitrogen functional groups attached to an aromatic ring is 1. The van der Waals surface area contributed by atoms with Gasteiger partial charge in [-0.3, -0.25) is 4.79 Å². The molecule has 0 saturated carbocycles. The molecule has 2 N–H and O–H groups in total. The number of morpholine rings is 1. The largest absolute Gasteiger partial charge is 0.382 e. The number of hydrogen-bond acceptors (Lipinski definition) is 6. The maximum atomic E-state index is 12.3. The van der Waals surface area contributed by atoms with Crippen LogP contribution >= 0.6 is 11.3 Å². The number of carbonyl (C=O) groups is 1. The number of carbonyl (C=O) groups excluding carboxylic acids is 1. The fraction of sp³-hybridized carbons (Fsp3) is 0.250. The molecule has 1 aromatic carbocycles. The van der Waals surface area contributed by atoms with Gasteiger partial charge in [0.1, 0.15) is 10.7 Å². The first-order valence-electron chi connectivity index (χ1n) is 7.10. The molecule has 1 aliphatic heterocycles. The Hall–Kier alpha value is -2.18. The van der Waals surface area contributed by atoms with Crippen LogP contribution in [-0.2, 0) is 4.74 Å². The Balaban J connectivity index is 1.75. The molecule has 3 rings (SSSR count). The van der Waals surface area contributed by atoms with Gasteiger partial charge < -0.3 is 15.4 Å². The second-order valence-electron chi connectivity index (χ2n) is 4.92. The van der Waals surface area contributed by atoms with Gasteiger partial charge in [-0.15, -0.1) is 0 Å². The van der Waals surface area contributed by atoms with E-state index in [4.69, 9.17) is 10.5 Å². The highest BCUT2D eigenvalue weighted by molar-refractivity contribution is 7.18. The Morgan fingerprint density at radius 1 is 1.27 bits per heavy atom. The summed E-state index contributed by atoms with van der Waals surface area (Å²) in [5.41, 5.74) is 6.88. The SMILES string of the molecule is Nc1nc(N2CCOCC2)sc1C(=O)/C=C/c1ccccc1. The van der Waals surface area contributed by atoms with E-state index >= 15 is 0 Å². The smallest absolute Gasteiger partial charge is 0.199 e. The lowest BCUT2D eigenvalue weighted by atomic mass is 10.2. The van der Waals surface area contributed by atoms with E-state index in [2.05, 4.69) is 9.88 Å². The lowest BCUT2D eigenvalue weighted by Crippen LogP contribution is -2.36. The number of nitrogens with two attached hydrogens (primary N) is 1. The van der Waals surface area contributed by atoms with Gasteiger partial charge in [0.25, 0.3) is 0 Å². The van der Waals surface area contributed by atoms with Crippen LogP contribution in [0.4, 0.5) is 10.9 Å². The first-order chi connectivity index (χ1) is 10.7. The van der Waals surface area contributed by atoms with Crippen LogP contribution in [0.5, 0.6) is 0 Å². The predicted octanol–water partition coefficient (Wildman–Crippen LogP) is 2.46. The molecular weight excluding hydrogens is 298 g/mol. The molecule has 0 bridgehead atoms. The van der Waals surface area contributed by atoms with Gasteiger partial charge >= 0.3 is 0 Å². The van der Waals surface area contributed by atoms with E-state index in [0.717, 1.165) is 23.8 Å². The quantitative estimate of drug-likeness (QED) is 0.693. The highest BCUT2D eigenvalue weighted by Gasteiger charge is 2.19. The van der Waals surface area contributed by atoms with Crippen molar-refractivity contribution >= 4 is 34.1 Å². The van der Waals surface area contributed by atoms with Crippen LogP contribution in [0.15, 0.2) is 36.4 Å². The summed E-state index contributed by atoms with van der Waals surface area (Å²) in [4.78, 5) is 19.2. The molecule has 0 amide bonds. The van der Waals surface area contributed by atoms with Crippen molar-refractivity contribution in [3.8, 4) is 0 Å². The Kier molecular flexibility index (Phi) is 4.50. The highest BCUT2D eigenvalue weighted by atomic mass is 32.1. The van der Waals surface area contributed by atoms with Crippen molar-refractivity contribution < 1.29 is 9.53 Å². The third-order valence-corrected chi connectivity index (χ3v) is 4.52. The summed E-state index contributed by atoms with van der Waals surface area (Å²) in [7, 11) is 0. The molecule has 0 aliphatic carbocycles. The van der Waals surface area contributed by atoms with Gasteiger partial charge in [0.2, 0.25) is 0 Å². The van der Waals surface area contributed by atoms with Gasteiger partial charge in [0, 0.05) is 13.1 Å². The normalized spacial score (nSPS) is 15.4. The molecule has 1 aromatic heterocycles. The fourth-order valence-corrected chi connectivity index (χ4v) is 3.16. The highest BCUT2D eigenvalue weighted by Crippen LogP contribution is 2.29. The van der Waals surface area contributed by atoms with Crippen molar-refractivity contribution in [1.29, 1.82) is 0 Å². The molecule has 0 atom stereocenters. The minimum absolute atomic E-state index is 0.113. The molecule has 0 radical (unpaired) electrons. The van der Waals surface area contributed by atoms with Crippen LogP contribution in [0.3, 0.4) is 0 Å². The van der Waals surface area contributed by atoms with Gasteiger partial charge in [-0.05, 0) is 11.6 Å². The van der Waals surface area contributed by atoms with Gasteiger partial charge in [0.15, 0.2) is 10.9 Å². The van der Waals surface area contributed by atoms with Crippen LogP contribution in [0.1, 0.15) is 15.2 Å². The Morgan fingerprint density at radius 3 is 2.73 bits per heavy atom. The first-order valence-corrected chi connectivity index (χ1v) is 7.92. The van der Waals surface area contributed by atoms with Crippen molar-refractivity contribution in [2.45, 2.75) is 0 Å². The molecule has 1 saturated heterocycles. The summed E-state index contributed by atoms with van der Waals surface area (Å²) in [6, 6.07) is 9.69. The monoisotopic (exact) mass is 315 g/mol. The van der Waals surface area contributed by atoms with Crippen LogP contribution in [0, 0.1) is 0 Å². The number of ether oxygens (including phenoxy) is 1. The van der Waals surface area contributed by atoms with E-state index in [1.54, 1.807) is 12.2 Å². The van der Waals surface area contributed by atoms with E-state index in [-0.39, 0.29) is 5.78 Å². The summed E-state index contributed by atoms with van der Waals surface area (Å²) in [5.74, 6) is 0.188. The van der Waals surface area contributed by atoms with Crippen molar-refractivity contribution in [3.63, 3.8) is 0 Å². The maximum Gasteiger partial charge on any atom is 0.199 e. The van der Waals surface area contributed by atoms with Crippen molar-refractivity contribution in [3.05, 3.63) is 46.8 Å². The van der Waals surface area contributed by atoms with Gasteiger partial charge in [-0.1, -0.05) is 47.7 Å². The summed E-state index contributed by atoms with van der Waals surface area (Å²) in [6.07, 6.45) is 3.33. The Morgan fingerprint density at radius 2 is 2.00 bits per heavy atom. The number of hydrogen-bond donors (Lipinski definition) is 1. The minimum atomic E-state index is -0.113. The number of anilines is 2. The number of aromatic nitrogens is 1. The zero-order valence-corrected chi connectivity index (χ0v) is 12.9. The lowest BCUT2D eigenvalue weighted by molar-refractivity contribution is 0.105. The van der Waals surface area contributed by atoms with Gasteiger partial charge in [0.05, 0.1) is 13.2 Å². The summed E-state index contributed by atoms with van der Waals surface area (Å²) in [5, 5.41) is 0.789. The molecule has 1 aliphatic rings.